The second-order valence-corrected chi connectivity index (χ2v) is 7.06. The number of aliphatic hydroxyl groups excluding tert-OH is 1. The second-order valence-electron chi connectivity index (χ2n) is 5.92. The molecule has 0 atom stereocenters. The third kappa shape index (κ3) is 4.23. The molecule has 1 aromatic rings. The van der Waals surface area contributed by atoms with E-state index in [1.54, 1.807) is 18.2 Å². The van der Waals surface area contributed by atoms with E-state index >= 15 is 0 Å². The minimum absolute atomic E-state index is 0.00129. The summed E-state index contributed by atoms with van der Waals surface area (Å²) in [5.41, 5.74) is -0.00129. The monoisotopic (exact) mass is 325 g/mol. The zero-order valence-electron chi connectivity index (χ0n) is 13.1. The summed E-state index contributed by atoms with van der Waals surface area (Å²) in [4.78, 5) is 14.7. The van der Waals surface area contributed by atoms with Crippen molar-refractivity contribution in [2.45, 2.75) is 37.5 Å². The summed E-state index contributed by atoms with van der Waals surface area (Å²) in [7, 11) is 0. The van der Waals surface area contributed by atoms with Gasteiger partial charge in [-0.15, -0.1) is 11.8 Å². The van der Waals surface area contributed by atoms with Crippen molar-refractivity contribution in [1.29, 1.82) is 0 Å². The molecule has 1 amide bonds. The first kappa shape index (κ1) is 17.3. The zero-order valence-corrected chi connectivity index (χ0v) is 13.9. The third-order valence-electron chi connectivity index (χ3n) is 4.67. The maximum atomic E-state index is 13.5. The first-order valence-corrected chi connectivity index (χ1v) is 8.85. The lowest BCUT2D eigenvalue weighted by Gasteiger charge is -2.40. The number of hydrogen-bond donors (Lipinski definition) is 1. The van der Waals surface area contributed by atoms with Crippen molar-refractivity contribution in [3.8, 4) is 0 Å². The standard InChI is InChI=1S/C17H24FNO2S/c1-2-17(13-20)8-10-19(11-9-17)16(21)7-12-22-15-6-4-3-5-14(15)18/h3-6,20H,2,7-13H2,1H3. The lowest BCUT2D eigenvalue weighted by Crippen LogP contribution is -2.44. The van der Waals surface area contributed by atoms with E-state index in [1.807, 2.05) is 4.90 Å². The Kier molecular flexibility index (Phi) is 6.26. The lowest BCUT2D eigenvalue weighted by molar-refractivity contribution is -0.133. The van der Waals surface area contributed by atoms with Gasteiger partial charge in [0.25, 0.3) is 0 Å². The molecule has 1 N–H and O–H groups in total. The molecule has 3 nitrogen and oxygen atoms in total. The lowest BCUT2D eigenvalue weighted by atomic mass is 9.77. The van der Waals surface area contributed by atoms with E-state index in [9.17, 15) is 14.3 Å². The summed E-state index contributed by atoms with van der Waals surface area (Å²) in [5, 5.41) is 9.52. The van der Waals surface area contributed by atoms with Crippen LogP contribution in [0.3, 0.4) is 0 Å². The quantitative estimate of drug-likeness (QED) is 0.816. The van der Waals surface area contributed by atoms with E-state index < -0.39 is 0 Å². The van der Waals surface area contributed by atoms with Crippen LogP contribution in [0.25, 0.3) is 0 Å². The second kappa shape index (κ2) is 7.97. The first-order valence-electron chi connectivity index (χ1n) is 7.86. The minimum atomic E-state index is -0.228. The van der Waals surface area contributed by atoms with Gasteiger partial charge in [-0.1, -0.05) is 19.1 Å². The number of halogens is 1. The molecule has 1 aliphatic rings. The van der Waals surface area contributed by atoms with Crippen LogP contribution in [-0.4, -0.2) is 41.4 Å². The molecule has 1 saturated heterocycles. The number of benzene rings is 1. The topological polar surface area (TPSA) is 40.5 Å². The number of rotatable bonds is 6. The number of nitrogens with zero attached hydrogens (tertiary/aromatic N) is 1. The highest BCUT2D eigenvalue weighted by molar-refractivity contribution is 7.99. The van der Waals surface area contributed by atoms with Crippen molar-refractivity contribution in [1.82, 2.24) is 4.90 Å². The number of thioether (sulfide) groups is 1. The van der Waals surface area contributed by atoms with Crippen LogP contribution in [0.15, 0.2) is 29.2 Å². The Hall–Kier alpha value is -1.07. The van der Waals surface area contributed by atoms with Crippen LogP contribution in [0.5, 0.6) is 0 Å². The maximum absolute atomic E-state index is 13.5. The van der Waals surface area contributed by atoms with E-state index in [2.05, 4.69) is 6.92 Å². The van der Waals surface area contributed by atoms with Crippen molar-refractivity contribution in [2.75, 3.05) is 25.4 Å². The molecule has 0 aromatic heterocycles. The normalized spacial score (nSPS) is 17.5. The Morgan fingerprint density at radius 1 is 1.36 bits per heavy atom. The van der Waals surface area contributed by atoms with Crippen LogP contribution >= 0.6 is 11.8 Å². The SMILES string of the molecule is CCC1(CO)CCN(C(=O)CCSc2ccccc2F)CC1. The van der Waals surface area contributed by atoms with Crippen molar-refractivity contribution in [3.05, 3.63) is 30.1 Å². The molecule has 0 spiro atoms. The maximum Gasteiger partial charge on any atom is 0.223 e. The average Bonchev–Trinajstić information content (AvgIpc) is 2.56. The predicted octanol–water partition coefficient (Wildman–Crippen LogP) is 3.32. The van der Waals surface area contributed by atoms with Gasteiger partial charge in [0.05, 0.1) is 0 Å². The molecule has 0 saturated carbocycles. The summed E-state index contributed by atoms with van der Waals surface area (Å²) in [5.74, 6) is 0.495. The van der Waals surface area contributed by atoms with Gasteiger partial charge < -0.3 is 10.0 Å². The molecule has 1 aliphatic heterocycles. The number of carbonyl (C=O) groups excluding carboxylic acids is 1. The molecule has 22 heavy (non-hydrogen) atoms. The molecule has 0 unspecified atom stereocenters. The Bertz CT molecular complexity index is 495. The van der Waals surface area contributed by atoms with Gasteiger partial charge in [0.1, 0.15) is 5.82 Å². The Labute approximate surface area is 135 Å². The molecule has 1 aromatic carbocycles. The molecular weight excluding hydrogens is 301 g/mol. The molecular formula is C17H24FNO2S. The highest BCUT2D eigenvalue weighted by Crippen LogP contribution is 2.34. The summed E-state index contributed by atoms with van der Waals surface area (Å²) in [6.07, 6.45) is 3.12. The van der Waals surface area contributed by atoms with Crippen LogP contribution in [0.4, 0.5) is 4.39 Å². The number of hydrogen-bond acceptors (Lipinski definition) is 3. The average molecular weight is 325 g/mol. The zero-order chi connectivity index (χ0) is 16.0. The van der Waals surface area contributed by atoms with Crippen LogP contribution in [0.1, 0.15) is 32.6 Å². The molecule has 2 rings (SSSR count). The molecule has 5 heteroatoms. The number of likely N-dealkylation sites (tertiary alicyclic amines) is 1. The van der Waals surface area contributed by atoms with Crippen LogP contribution in [0, 0.1) is 11.2 Å². The fourth-order valence-corrected chi connectivity index (χ4v) is 3.70. The van der Waals surface area contributed by atoms with Gasteiger partial charge in [0, 0.05) is 36.8 Å². The number of piperidine rings is 1. The number of carbonyl (C=O) groups is 1. The molecule has 0 bridgehead atoms. The van der Waals surface area contributed by atoms with E-state index in [-0.39, 0.29) is 23.7 Å². The predicted molar refractivity (Wildman–Crippen MR) is 87.4 cm³/mol. The third-order valence-corrected chi connectivity index (χ3v) is 5.72. The van der Waals surface area contributed by atoms with E-state index in [1.165, 1.54) is 17.8 Å². The first-order chi connectivity index (χ1) is 10.6. The van der Waals surface area contributed by atoms with Gasteiger partial charge in [-0.05, 0) is 36.8 Å². The number of amides is 1. The van der Waals surface area contributed by atoms with Crippen LogP contribution < -0.4 is 0 Å². The van der Waals surface area contributed by atoms with Gasteiger partial charge in [-0.2, -0.15) is 0 Å². The molecule has 122 valence electrons. The van der Waals surface area contributed by atoms with Gasteiger partial charge in [-0.25, -0.2) is 4.39 Å². The van der Waals surface area contributed by atoms with Crippen LogP contribution in [-0.2, 0) is 4.79 Å². The molecule has 1 heterocycles. The van der Waals surface area contributed by atoms with Gasteiger partial charge in [0.15, 0.2) is 0 Å². The van der Waals surface area contributed by atoms with E-state index in [4.69, 9.17) is 0 Å². The van der Waals surface area contributed by atoms with Gasteiger partial charge in [-0.3, -0.25) is 4.79 Å². The van der Waals surface area contributed by atoms with E-state index in [0.29, 0.717) is 17.1 Å². The number of aliphatic hydroxyl groups is 1. The van der Waals surface area contributed by atoms with E-state index in [0.717, 1.165) is 32.4 Å². The van der Waals surface area contributed by atoms with Crippen molar-refractivity contribution in [3.63, 3.8) is 0 Å². The Morgan fingerprint density at radius 3 is 2.64 bits per heavy atom. The summed E-state index contributed by atoms with van der Waals surface area (Å²) < 4.78 is 13.5. The van der Waals surface area contributed by atoms with Gasteiger partial charge in [0.2, 0.25) is 5.91 Å². The summed E-state index contributed by atoms with van der Waals surface area (Å²) in [6.45, 7) is 3.74. The summed E-state index contributed by atoms with van der Waals surface area (Å²) in [6, 6.07) is 6.65. The largest absolute Gasteiger partial charge is 0.396 e. The van der Waals surface area contributed by atoms with Crippen molar-refractivity contribution >= 4 is 17.7 Å². The highest BCUT2D eigenvalue weighted by atomic mass is 32.2. The fourth-order valence-electron chi connectivity index (χ4n) is 2.82. The molecule has 0 aliphatic carbocycles. The Morgan fingerprint density at radius 2 is 2.05 bits per heavy atom. The van der Waals surface area contributed by atoms with Crippen molar-refractivity contribution in [2.24, 2.45) is 5.41 Å². The summed E-state index contributed by atoms with van der Waals surface area (Å²) >= 11 is 1.39. The smallest absolute Gasteiger partial charge is 0.223 e. The highest BCUT2D eigenvalue weighted by Gasteiger charge is 2.33. The molecule has 0 radical (unpaired) electrons. The van der Waals surface area contributed by atoms with Crippen molar-refractivity contribution < 1.29 is 14.3 Å². The molecule has 1 fully saturated rings. The van der Waals surface area contributed by atoms with Crippen LogP contribution in [0.2, 0.25) is 0 Å². The van der Waals surface area contributed by atoms with Gasteiger partial charge >= 0.3 is 0 Å². The fraction of sp³-hybridized carbons (Fsp3) is 0.588. The Balaban J connectivity index is 1.76. The minimum Gasteiger partial charge on any atom is -0.396 e.